The number of fused-ring (bicyclic) bond motifs is 1. The average molecular weight is 445 g/mol. The highest BCUT2D eigenvalue weighted by atomic mass is 32.2. The summed E-state index contributed by atoms with van der Waals surface area (Å²) in [7, 11) is 0. The molecule has 32 heavy (non-hydrogen) atoms. The SMILES string of the molecule is CCOC(=O)[C@]1(CSc2ccccc2)C(=O)c2ccc(C)cc2C(=O)[C@H]1c1ccccc1. The number of Topliss-reactive ketones (excluding diaryl/α,β-unsaturated/α-hetero) is 2. The Hall–Kier alpha value is -3.18. The van der Waals surface area contributed by atoms with Crippen molar-refractivity contribution in [1.82, 2.24) is 0 Å². The second-order valence-electron chi connectivity index (χ2n) is 7.88. The van der Waals surface area contributed by atoms with Crippen molar-refractivity contribution >= 4 is 29.3 Å². The van der Waals surface area contributed by atoms with E-state index in [0.29, 0.717) is 11.1 Å². The molecule has 0 spiro atoms. The molecule has 1 aliphatic rings. The van der Waals surface area contributed by atoms with Crippen molar-refractivity contribution < 1.29 is 19.1 Å². The van der Waals surface area contributed by atoms with E-state index in [-0.39, 0.29) is 29.5 Å². The monoisotopic (exact) mass is 444 g/mol. The van der Waals surface area contributed by atoms with Crippen molar-refractivity contribution in [3.63, 3.8) is 0 Å². The largest absolute Gasteiger partial charge is 0.465 e. The Kier molecular flexibility index (Phi) is 6.28. The first-order valence-corrected chi connectivity index (χ1v) is 11.6. The highest BCUT2D eigenvalue weighted by molar-refractivity contribution is 7.99. The van der Waals surface area contributed by atoms with E-state index >= 15 is 0 Å². The molecule has 0 fully saturated rings. The lowest BCUT2D eigenvalue weighted by molar-refractivity contribution is -0.151. The molecule has 1 aliphatic carbocycles. The highest BCUT2D eigenvalue weighted by Crippen LogP contribution is 2.49. The molecule has 4 rings (SSSR count). The van der Waals surface area contributed by atoms with Gasteiger partial charge in [0.15, 0.2) is 17.0 Å². The molecule has 2 atom stereocenters. The van der Waals surface area contributed by atoms with E-state index in [9.17, 15) is 14.4 Å². The minimum atomic E-state index is -1.66. The molecule has 162 valence electrons. The number of benzene rings is 3. The van der Waals surface area contributed by atoms with Gasteiger partial charge in [0, 0.05) is 21.8 Å². The van der Waals surface area contributed by atoms with E-state index in [2.05, 4.69) is 0 Å². The number of esters is 1. The summed E-state index contributed by atoms with van der Waals surface area (Å²) in [6.07, 6.45) is 0. The average Bonchev–Trinajstić information content (AvgIpc) is 2.82. The van der Waals surface area contributed by atoms with Crippen LogP contribution < -0.4 is 0 Å². The van der Waals surface area contributed by atoms with Crippen LogP contribution in [0.4, 0.5) is 0 Å². The third-order valence-electron chi connectivity index (χ3n) is 5.83. The maximum atomic E-state index is 14.1. The molecule has 0 aromatic heterocycles. The van der Waals surface area contributed by atoms with Crippen molar-refractivity contribution in [1.29, 1.82) is 0 Å². The molecule has 0 N–H and O–H groups in total. The lowest BCUT2D eigenvalue weighted by Gasteiger charge is -2.40. The molecule has 0 heterocycles. The van der Waals surface area contributed by atoms with Gasteiger partial charge in [0.2, 0.25) is 0 Å². The summed E-state index contributed by atoms with van der Waals surface area (Å²) in [6, 6.07) is 23.9. The van der Waals surface area contributed by atoms with E-state index in [4.69, 9.17) is 4.74 Å². The summed E-state index contributed by atoms with van der Waals surface area (Å²) in [4.78, 5) is 42.4. The molecule has 0 unspecified atom stereocenters. The second kappa shape index (κ2) is 9.13. The number of carbonyl (C=O) groups is 3. The molecule has 3 aromatic rings. The minimum Gasteiger partial charge on any atom is -0.465 e. The number of thioether (sulfide) groups is 1. The number of ketones is 2. The number of ether oxygens (including phenoxy) is 1. The number of hydrogen-bond acceptors (Lipinski definition) is 5. The van der Waals surface area contributed by atoms with Gasteiger partial charge in [0.05, 0.1) is 12.5 Å². The van der Waals surface area contributed by atoms with Gasteiger partial charge in [0.1, 0.15) is 0 Å². The summed E-state index contributed by atoms with van der Waals surface area (Å²) in [5, 5.41) is 0. The van der Waals surface area contributed by atoms with Gasteiger partial charge in [-0.25, -0.2) is 0 Å². The van der Waals surface area contributed by atoms with Crippen molar-refractivity contribution in [3.8, 4) is 0 Å². The number of hydrogen-bond donors (Lipinski definition) is 0. The lowest BCUT2D eigenvalue weighted by atomic mass is 9.61. The lowest BCUT2D eigenvalue weighted by Crippen LogP contribution is -2.53. The third-order valence-corrected chi connectivity index (χ3v) is 7.03. The molecule has 0 amide bonds. The summed E-state index contributed by atoms with van der Waals surface area (Å²) in [6.45, 7) is 3.72. The van der Waals surface area contributed by atoms with Gasteiger partial charge in [-0.3, -0.25) is 14.4 Å². The van der Waals surface area contributed by atoms with Crippen LogP contribution >= 0.6 is 11.8 Å². The van der Waals surface area contributed by atoms with Crippen LogP contribution in [0.25, 0.3) is 0 Å². The van der Waals surface area contributed by atoms with Crippen LogP contribution in [0.2, 0.25) is 0 Å². The molecule has 3 aromatic carbocycles. The Bertz CT molecular complexity index is 1160. The fourth-order valence-electron chi connectivity index (χ4n) is 4.28. The summed E-state index contributed by atoms with van der Waals surface area (Å²) < 4.78 is 5.46. The molecular weight excluding hydrogens is 420 g/mol. The fraction of sp³-hybridized carbons (Fsp3) is 0.222. The normalized spacial score (nSPS) is 20.0. The van der Waals surface area contributed by atoms with Gasteiger partial charge in [-0.2, -0.15) is 0 Å². The smallest absolute Gasteiger partial charge is 0.321 e. The van der Waals surface area contributed by atoms with Gasteiger partial charge in [-0.05, 0) is 37.6 Å². The summed E-state index contributed by atoms with van der Waals surface area (Å²) >= 11 is 1.39. The van der Waals surface area contributed by atoms with Crippen molar-refractivity contribution in [2.45, 2.75) is 24.7 Å². The van der Waals surface area contributed by atoms with E-state index in [0.717, 1.165) is 10.5 Å². The van der Waals surface area contributed by atoms with Crippen LogP contribution in [0.1, 0.15) is 44.7 Å². The first kappa shape index (κ1) is 22.0. The van der Waals surface area contributed by atoms with Gasteiger partial charge in [-0.15, -0.1) is 11.8 Å². The van der Waals surface area contributed by atoms with E-state index in [1.165, 1.54) is 11.8 Å². The Balaban J connectivity index is 1.93. The second-order valence-corrected chi connectivity index (χ2v) is 8.93. The Morgan fingerprint density at radius 2 is 1.59 bits per heavy atom. The van der Waals surface area contributed by atoms with E-state index in [1.807, 2.05) is 55.5 Å². The fourth-order valence-corrected chi connectivity index (χ4v) is 5.44. The zero-order valence-corrected chi connectivity index (χ0v) is 18.9. The summed E-state index contributed by atoms with van der Waals surface area (Å²) in [5.41, 5.74) is 0.527. The first-order valence-electron chi connectivity index (χ1n) is 10.6. The Morgan fingerprint density at radius 1 is 0.938 bits per heavy atom. The molecule has 4 nitrogen and oxygen atoms in total. The maximum absolute atomic E-state index is 14.1. The predicted molar refractivity (Wildman–Crippen MR) is 125 cm³/mol. The third kappa shape index (κ3) is 3.78. The topological polar surface area (TPSA) is 60.4 Å². The quantitative estimate of drug-likeness (QED) is 0.285. The highest BCUT2D eigenvalue weighted by Gasteiger charge is 2.60. The minimum absolute atomic E-state index is 0.104. The van der Waals surface area contributed by atoms with Crippen molar-refractivity contribution in [3.05, 3.63) is 101 Å². The Labute approximate surface area is 192 Å². The van der Waals surface area contributed by atoms with Gasteiger partial charge in [0.25, 0.3) is 0 Å². The molecule has 5 heteroatoms. The molecule has 0 bridgehead atoms. The van der Waals surface area contributed by atoms with Gasteiger partial charge >= 0.3 is 5.97 Å². The molecule has 0 radical (unpaired) electrons. The molecule has 0 saturated heterocycles. The first-order chi connectivity index (χ1) is 15.5. The standard InChI is InChI=1S/C27H24O4S/c1-3-31-26(30)27(17-32-20-12-8-5-9-13-20)23(19-10-6-4-7-11-19)24(28)22-16-18(2)14-15-21(22)25(27)29/h4-16,23H,3,17H2,1-2H3/t23-,27+/m1/s1. The number of carbonyl (C=O) groups excluding carboxylic acids is 3. The number of aryl methyl sites for hydroxylation is 1. The Morgan fingerprint density at radius 3 is 2.25 bits per heavy atom. The molecular formula is C27H24O4S. The van der Waals surface area contributed by atoms with Crippen molar-refractivity contribution in [2.24, 2.45) is 5.41 Å². The van der Waals surface area contributed by atoms with Crippen LogP contribution in [0, 0.1) is 12.3 Å². The predicted octanol–water partition coefficient (Wildman–Crippen LogP) is 5.50. The van der Waals surface area contributed by atoms with Gasteiger partial charge in [-0.1, -0.05) is 66.2 Å². The number of rotatable bonds is 6. The van der Waals surface area contributed by atoms with Crippen LogP contribution in [0.3, 0.4) is 0 Å². The van der Waals surface area contributed by atoms with E-state index < -0.39 is 17.3 Å². The van der Waals surface area contributed by atoms with Crippen LogP contribution in [-0.2, 0) is 9.53 Å². The summed E-state index contributed by atoms with van der Waals surface area (Å²) in [5.74, 6) is -2.09. The van der Waals surface area contributed by atoms with Gasteiger partial charge < -0.3 is 4.74 Å². The van der Waals surface area contributed by atoms with Crippen LogP contribution in [0.15, 0.2) is 83.8 Å². The van der Waals surface area contributed by atoms with Crippen LogP contribution in [0.5, 0.6) is 0 Å². The molecule has 0 saturated carbocycles. The maximum Gasteiger partial charge on any atom is 0.321 e. The zero-order valence-electron chi connectivity index (χ0n) is 18.0. The van der Waals surface area contributed by atoms with E-state index in [1.54, 1.807) is 37.3 Å². The van der Waals surface area contributed by atoms with Crippen LogP contribution in [-0.4, -0.2) is 29.9 Å². The molecule has 0 aliphatic heterocycles. The zero-order chi connectivity index (χ0) is 22.7. The van der Waals surface area contributed by atoms with Crippen molar-refractivity contribution in [2.75, 3.05) is 12.4 Å².